The van der Waals surface area contributed by atoms with Gasteiger partial charge in [-0.1, -0.05) is 42.5 Å². The summed E-state index contributed by atoms with van der Waals surface area (Å²) < 4.78 is 1.72. The molecule has 1 aromatic heterocycles. The number of nitrogens with zero attached hydrogens (tertiary/aromatic N) is 2. The summed E-state index contributed by atoms with van der Waals surface area (Å²) in [5, 5.41) is 11.0. The van der Waals surface area contributed by atoms with Crippen molar-refractivity contribution in [3.63, 3.8) is 0 Å². The Labute approximate surface area is 99.0 Å². The van der Waals surface area contributed by atoms with Crippen molar-refractivity contribution >= 4 is 23.2 Å². The van der Waals surface area contributed by atoms with Crippen molar-refractivity contribution in [3.05, 3.63) is 16.6 Å². The molecule has 0 aromatic carbocycles. The summed E-state index contributed by atoms with van der Waals surface area (Å²) in [5.74, 6) is 0. The van der Waals surface area contributed by atoms with Gasteiger partial charge in [-0.15, -0.1) is 0 Å². The fourth-order valence-electron chi connectivity index (χ4n) is 2.14. The second kappa shape index (κ2) is 4.32. The number of halogens is 2. The lowest BCUT2D eigenvalue weighted by atomic mass is 9.85. The first-order valence-corrected chi connectivity index (χ1v) is 5.95. The van der Waals surface area contributed by atoms with E-state index in [4.69, 9.17) is 23.2 Å². The molecule has 0 atom stereocenters. The quantitative estimate of drug-likeness (QED) is 0.875. The second-order valence-electron chi connectivity index (χ2n) is 4.24. The molecule has 0 bridgehead atoms. The molecule has 2 rings (SSSR count). The summed E-state index contributed by atoms with van der Waals surface area (Å²) >= 11 is 11.7. The first-order valence-electron chi connectivity index (χ1n) is 5.19. The van der Waals surface area contributed by atoms with Gasteiger partial charge in [0.05, 0.1) is 18.5 Å². The molecular weight excluding hydrogens is 235 g/mol. The summed E-state index contributed by atoms with van der Waals surface area (Å²) in [7, 11) is 0. The molecular formula is C10H14Cl2N2O. The summed E-state index contributed by atoms with van der Waals surface area (Å²) in [5.41, 5.74) is -0.633. The van der Waals surface area contributed by atoms with Gasteiger partial charge in [0.15, 0.2) is 5.15 Å². The van der Waals surface area contributed by atoms with Crippen molar-refractivity contribution in [1.82, 2.24) is 9.55 Å². The van der Waals surface area contributed by atoms with E-state index >= 15 is 0 Å². The summed E-state index contributed by atoms with van der Waals surface area (Å²) in [6, 6.07) is 0. The smallest absolute Gasteiger partial charge is 0.166 e. The van der Waals surface area contributed by atoms with E-state index in [1.165, 1.54) is 6.42 Å². The Morgan fingerprint density at radius 1 is 1.33 bits per heavy atom. The topological polar surface area (TPSA) is 38.0 Å². The van der Waals surface area contributed by atoms with Crippen molar-refractivity contribution in [2.24, 2.45) is 0 Å². The Morgan fingerprint density at radius 2 is 2.00 bits per heavy atom. The molecule has 1 N–H and O–H groups in total. The minimum Gasteiger partial charge on any atom is -0.388 e. The molecule has 0 spiro atoms. The first-order chi connectivity index (χ1) is 7.11. The molecule has 0 aliphatic heterocycles. The maximum absolute atomic E-state index is 10.3. The van der Waals surface area contributed by atoms with Crippen LogP contribution in [0.15, 0.2) is 6.33 Å². The second-order valence-corrected chi connectivity index (χ2v) is 4.96. The van der Waals surface area contributed by atoms with Crippen LogP contribution in [0.25, 0.3) is 0 Å². The van der Waals surface area contributed by atoms with Crippen LogP contribution in [0.1, 0.15) is 32.1 Å². The van der Waals surface area contributed by atoms with Crippen LogP contribution in [0.5, 0.6) is 0 Å². The van der Waals surface area contributed by atoms with Crippen LogP contribution in [-0.2, 0) is 6.54 Å². The normalized spacial score (nSPS) is 20.5. The van der Waals surface area contributed by atoms with Gasteiger partial charge in [0.25, 0.3) is 0 Å². The SMILES string of the molecule is OC1(Cn2cnc(Cl)c2Cl)CCCCC1. The summed E-state index contributed by atoms with van der Waals surface area (Å²) in [6.07, 6.45) is 6.61. The summed E-state index contributed by atoms with van der Waals surface area (Å²) in [4.78, 5) is 3.90. The third-order valence-corrected chi connectivity index (χ3v) is 3.75. The van der Waals surface area contributed by atoms with Gasteiger partial charge in [0.1, 0.15) is 5.15 Å². The van der Waals surface area contributed by atoms with Crippen molar-refractivity contribution in [3.8, 4) is 0 Å². The van der Waals surface area contributed by atoms with E-state index in [0.717, 1.165) is 25.7 Å². The van der Waals surface area contributed by atoms with Gasteiger partial charge in [0.2, 0.25) is 0 Å². The molecule has 15 heavy (non-hydrogen) atoms. The van der Waals surface area contributed by atoms with E-state index < -0.39 is 5.60 Å². The number of imidazole rings is 1. The van der Waals surface area contributed by atoms with Crippen LogP contribution in [0.2, 0.25) is 10.3 Å². The first kappa shape index (κ1) is 11.2. The Morgan fingerprint density at radius 3 is 2.53 bits per heavy atom. The maximum Gasteiger partial charge on any atom is 0.166 e. The lowest BCUT2D eigenvalue weighted by molar-refractivity contribution is -0.0114. The van der Waals surface area contributed by atoms with E-state index in [0.29, 0.717) is 16.9 Å². The molecule has 1 aliphatic carbocycles. The molecule has 0 saturated heterocycles. The molecule has 0 radical (unpaired) electrons. The predicted molar refractivity (Wildman–Crippen MR) is 60.3 cm³/mol. The molecule has 1 saturated carbocycles. The largest absolute Gasteiger partial charge is 0.388 e. The van der Waals surface area contributed by atoms with Crippen molar-refractivity contribution < 1.29 is 5.11 Å². The van der Waals surface area contributed by atoms with Crippen LogP contribution in [0, 0.1) is 0 Å². The standard InChI is InChI=1S/C10H14Cl2N2O/c11-8-9(12)14(7-13-8)6-10(15)4-2-1-3-5-10/h7,15H,1-6H2. The zero-order valence-electron chi connectivity index (χ0n) is 8.42. The average Bonchev–Trinajstić information content (AvgIpc) is 2.50. The molecule has 1 heterocycles. The van der Waals surface area contributed by atoms with Gasteiger partial charge >= 0.3 is 0 Å². The van der Waals surface area contributed by atoms with E-state index in [2.05, 4.69) is 4.98 Å². The van der Waals surface area contributed by atoms with Crippen LogP contribution in [-0.4, -0.2) is 20.3 Å². The molecule has 1 aromatic rings. The van der Waals surface area contributed by atoms with E-state index in [-0.39, 0.29) is 0 Å². The highest BCUT2D eigenvalue weighted by molar-refractivity contribution is 6.40. The van der Waals surface area contributed by atoms with Crippen LogP contribution in [0.4, 0.5) is 0 Å². The van der Waals surface area contributed by atoms with Gasteiger partial charge in [0, 0.05) is 0 Å². The van der Waals surface area contributed by atoms with Gasteiger partial charge < -0.3 is 9.67 Å². The lowest BCUT2D eigenvalue weighted by Gasteiger charge is -2.32. The highest BCUT2D eigenvalue weighted by Gasteiger charge is 2.30. The number of aromatic nitrogens is 2. The number of hydrogen-bond acceptors (Lipinski definition) is 2. The zero-order chi connectivity index (χ0) is 10.9. The Kier molecular flexibility index (Phi) is 3.24. The molecule has 1 aliphatic rings. The van der Waals surface area contributed by atoms with E-state index in [1.807, 2.05) is 0 Å². The van der Waals surface area contributed by atoms with Gasteiger partial charge in [-0.25, -0.2) is 4.98 Å². The number of aliphatic hydroxyl groups is 1. The van der Waals surface area contributed by atoms with E-state index in [9.17, 15) is 5.11 Å². The zero-order valence-corrected chi connectivity index (χ0v) is 9.93. The molecule has 0 amide bonds. The Bertz CT molecular complexity index is 345. The third-order valence-electron chi connectivity index (χ3n) is 2.98. The highest BCUT2D eigenvalue weighted by atomic mass is 35.5. The fraction of sp³-hybridized carbons (Fsp3) is 0.700. The third kappa shape index (κ3) is 2.47. The van der Waals surface area contributed by atoms with Crippen LogP contribution in [0.3, 0.4) is 0 Å². The average molecular weight is 249 g/mol. The van der Waals surface area contributed by atoms with Crippen molar-refractivity contribution in [1.29, 1.82) is 0 Å². The van der Waals surface area contributed by atoms with Crippen LogP contribution >= 0.6 is 23.2 Å². The Hall–Kier alpha value is -0.250. The fourth-order valence-corrected chi connectivity index (χ4v) is 2.44. The summed E-state index contributed by atoms with van der Waals surface area (Å²) in [6.45, 7) is 0.492. The molecule has 5 heteroatoms. The molecule has 84 valence electrons. The Balaban J connectivity index is 2.10. The molecule has 3 nitrogen and oxygen atoms in total. The maximum atomic E-state index is 10.3. The number of hydrogen-bond donors (Lipinski definition) is 1. The van der Waals surface area contributed by atoms with Gasteiger partial charge in [-0.05, 0) is 12.8 Å². The monoisotopic (exact) mass is 248 g/mol. The van der Waals surface area contributed by atoms with Gasteiger partial charge in [-0.2, -0.15) is 0 Å². The van der Waals surface area contributed by atoms with Gasteiger partial charge in [-0.3, -0.25) is 0 Å². The highest BCUT2D eigenvalue weighted by Crippen LogP contribution is 2.31. The van der Waals surface area contributed by atoms with E-state index in [1.54, 1.807) is 10.9 Å². The minimum absolute atomic E-state index is 0.302. The van der Waals surface area contributed by atoms with Crippen LogP contribution < -0.4 is 0 Å². The van der Waals surface area contributed by atoms with Crippen molar-refractivity contribution in [2.45, 2.75) is 44.2 Å². The predicted octanol–water partition coefficient (Wildman–Crippen LogP) is 2.89. The number of rotatable bonds is 2. The minimum atomic E-state index is -0.633. The molecule has 1 fully saturated rings. The molecule has 0 unspecified atom stereocenters. The lowest BCUT2D eigenvalue weighted by Crippen LogP contribution is -2.36. The van der Waals surface area contributed by atoms with Crippen molar-refractivity contribution in [2.75, 3.05) is 0 Å².